The van der Waals surface area contributed by atoms with Crippen LogP contribution in [0.4, 0.5) is 0 Å². The van der Waals surface area contributed by atoms with Crippen molar-refractivity contribution in [2.24, 2.45) is 0 Å². The van der Waals surface area contributed by atoms with E-state index < -0.39 is 0 Å². The lowest BCUT2D eigenvalue weighted by molar-refractivity contribution is 0.231. The van der Waals surface area contributed by atoms with Gasteiger partial charge in [-0.1, -0.05) is 12.2 Å². The van der Waals surface area contributed by atoms with E-state index in [-0.39, 0.29) is 6.10 Å². The topological polar surface area (TPSA) is 54.7 Å². The lowest BCUT2D eigenvalue weighted by Gasteiger charge is -2.38. The van der Waals surface area contributed by atoms with E-state index in [0.717, 1.165) is 31.0 Å². The Kier molecular flexibility index (Phi) is 4.44. The predicted molar refractivity (Wildman–Crippen MR) is 98.5 cm³/mol. The number of hydrogen-bond acceptors (Lipinski definition) is 5. The van der Waals surface area contributed by atoms with Crippen molar-refractivity contribution in [2.45, 2.75) is 38.8 Å². The third-order valence-electron chi connectivity index (χ3n) is 4.70. The summed E-state index contributed by atoms with van der Waals surface area (Å²) >= 11 is 0. The molecule has 1 atom stereocenters. The van der Waals surface area contributed by atoms with E-state index >= 15 is 0 Å². The van der Waals surface area contributed by atoms with Crippen LogP contribution in [0, 0.1) is 0 Å². The highest BCUT2D eigenvalue weighted by Gasteiger charge is 2.25. The molecule has 0 unspecified atom stereocenters. The number of nitrogens with one attached hydrogen (secondary N) is 1. The third kappa shape index (κ3) is 3.26. The Morgan fingerprint density at radius 2 is 2.20 bits per heavy atom. The van der Waals surface area contributed by atoms with Gasteiger partial charge in [-0.25, -0.2) is 9.97 Å². The van der Waals surface area contributed by atoms with Crippen molar-refractivity contribution in [3.8, 4) is 5.88 Å². The second kappa shape index (κ2) is 6.88. The Hall–Kier alpha value is -2.34. The van der Waals surface area contributed by atoms with Crippen molar-refractivity contribution < 1.29 is 4.74 Å². The van der Waals surface area contributed by atoms with Gasteiger partial charge in [0.15, 0.2) is 5.65 Å². The molecule has 1 fully saturated rings. The summed E-state index contributed by atoms with van der Waals surface area (Å²) in [5.41, 5.74) is 3.13. The van der Waals surface area contributed by atoms with Gasteiger partial charge >= 0.3 is 0 Å². The number of allylic oxidation sites excluding steroid dienone is 2. The second-order valence-electron chi connectivity index (χ2n) is 6.90. The summed E-state index contributed by atoms with van der Waals surface area (Å²) in [7, 11) is 0. The summed E-state index contributed by atoms with van der Waals surface area (Å²) in [6, 6.07) is 0.517. The Morgan fingerprint density at radius 1 is 1.28 bits per heavy atom. The molecular weight excluding hydrogens is 314 g/mol. The molecule has 0 spiro atoms. The van der Waals surface area contributed by atoms with E-state index in [1.807, 2.05) is 26.2 Å². The summed E-state index contributed by atoms with van der Waals surface area (Å²) in [6.07, 6.45) is 14.7. The van der Waals surface area contributed by atoms with Crippen molar-refractivity contribution in [1.29, 1.82) is 0 Å². The van der Waals surface area contributed by atoms with E-state index in [0.29, 0.717) is 11.9 Å². The van der Waals surface area contributed by atoms with Gasteiger partial charge in [-0.2, -0.15) is 0 Å². The minimum absolute atomic E-state index is 0.0959. The van der Waals surface area contributed by atoms with Crippen molar-refractivity contribution >= 4 is 11.3 Å². The third-order valence-corrected chi connectivity index (χ3v) is 4.70. The van der Waals surface area contributed by atoms with Crippen molar-refractivity contribution in [3.63, 3.8) is 0 Å². The maximum atomic E-state index is 5.76. The number of ether oxygens (including phenoxy) is 1. The van der Waals surface area contributed by atoms with Gasteiger partial charge < -0.3 is 15.0 Å². The zero-order chi connectivity index (χ0) is 17.2. The molecule has 6 heteroatoms. The first-order chi connectivity index (χ1) is 12.2. The molecule has 2 aromatic heterocycles. The molecule has 4 rings (SSSR count). The molecule has 1 N–H and O–H groups in total. The number of imidazole rings is 1. The summed E-state index contributed by atoms with van der Waals surface area (Å²) in [6.45, 7) is 7.10. The van der Waals surface area contributed by atoms with Crippen LogP contribution in [0.1, 0.15) is 32.4 Å². The van der Waals surface area contributed by atoms with Crippen LogP contribution in [0.2, 0.25) is 0 Å². The minimum Gasteiger partial charge on any atom is -0.474 e. The van der Waals surface area contributed by atoms with Gasteiger partial charge in [0.25, 0.3) is 0 Å². The zero-order valence-electron chi connectivity index (χ0n) is 14.9. The van der Waals surface area contributed by atoms with Crippen LogP contribution in [0.3, 0.4) is 0 Å². The number of fused-ring (bicyclic) bond motifs is 1. The van der Waals surface area contributed by atoms with Crippen LogP contribution in [0.15, 0.2) is 36.8 Å². The summed E-state index contributed by atoms with van der Waals surface area (Å²) < 4.78 is 7.84. The molecule has 6 nitrogen and oxygen atoms in total. The molecule has 0 radical (unpaired) electrons. The number of nitrogens with zero attached hydrogens (tertiary/aromatic N) is 4. The molecule has 2 aromatic rings. The standard InChI is InChI=1S/C19H25N5O/c1-14(2)25-19-13-24-17(11-21-18(24)12-22-19)16-7-3-4-9-23(16)15-6-5-8-20-10-15/h3-4,7,11-15,20H,5-6,8-10H2,1-2H3/t15-/m1/s1. The number of aromatic nitrogens is 3. The molecule has 25 heavy (non-hydrogen) atoms. The molecule has 0 amide bonds. The first kappa shape index (κ1) is 16.1. The van der Waals surface area contributed by atoms with Gasteiger partial charge in [-0.3, -0.25) is 4.40 Å². The Labute approximate surface area is 148 Å². The van der Waals surface area contributed by atoms with Gasteiger partial charge in [-0.05, 0) is 39.3 Å². The monoisotopic (exact) mass is 339 g/mol. The maximum Gasteiger partial charge on any atom is 0.230 e. The summed E-state index contributed by atoms with van der Waals surface area (Å²) in [4.78, 5) is 11.4. The molecule has 0 saturated carbocycles. The Bertz CT molecular complexity index is 801. The molecule has 132 valence electrons. The van der Waals surface area contributed by atoms with Crippen LogP contribution >= 0.6 is 0 Å². The van der Waals surface area contributed by atoms with Crippen LogP contribution in [0.5, 0.6) is 5.88 Å². The van der Waals surface area contributed by atoms with E-state index in [1.165, 1.54) is 18.5 Å². The summed E-state index contributed by atoms with van der Waals surface area (Å²) in [5, 5.41) is 3.52. The van der Waals surface area contributed by atoms with E-state index in [1.54, 1.807) is 6.20 Å². The van der Waals surface area contributed by atoms with Crippen LogP contribution < -0.4 is 10.1 Å². The SMILES string of the molecule is CC(C)Oc1cn2c(C3=CC=CCN3[C@@H]3CCCNC3)cnc2cn1. The van der Waals surface area contributed by atoms with Crippen molar-refractivity contribution in [3.05, 3.63) is 42.5 Å². The maximum absolute atomic E-state index is 5.76. The fraction of sp³-hybridized carbons (Fsp3) is 0.474. The van der Waals surface area contributed by atoms with Crippen LogP contribution in [-0.2, 0) is 0 Å². The molecule has 0 aromatic carbocycles. The molecule has 1 saturated heterocycles. The molecule has 0 bridgehead atoms. The fourth-order valence-electron chi connectivity index (χ4n) is 3.57. The lowest BCUT2D eigenvalue weighted by Crippen LogP contribution is -2.45. The summed E-state index contributed by atoms with van der Waals surface area (Å²) in [5.74, 6) is 0.625. The molecule has 0 aliphatic carbocycles. The lowest BCUT2D eigenvalue weighted by atomic mass is 10.0. The van der Waals surface area contributed by atoms with E-state index in [9.17, 15) is 0 Å². The van der Waals surface area contributed by atoms with Gasteiger partial charge in [0.2, 0.25) is 5.88 Å². The number of hydrogen-bond donors (Lipinski definition) is 1. The zero-order valence-corrected chi connectivity index (χ0v) is 14.9. The average molecular weight is 339 g/mol. The fourth-order valence-corrected chi connectivity index (χ4v) is 3.57. The van der Waals surface area contributed by atoms with E-state index in [2.05, 4.69) is 42.8 Å². The van der Waals surface area contributed by atoms with Crippen molar-refractivity contribution in [2.75, 3.05) is 19.6 Å². The normalized spacial score (nSPS) is 21.0. The molecule has 2 aliphatic heterocycles. The first-order valence-corrected chi connectivity index (χ1v) is 9.06. The quantitative estimate of drug-likeness (QED) is 0.927. The van der Waals surface area contributed by atoms with Gasteiger partial charge in [-0.15, -0.1) is 0 Å². The van der Waals surface area contributed by atoms with Gasteiger partial charge in [0.05, 0.1) is 36.1 Å². The predicted octanol–water partition coefficient (Wildman–Crippen LogP) is 2.48. The molecule has 4 heterocycles. The van der Waals surface area contributed by atoms with Gasteiger partial charge in [0.1, 0.15) is 0 Å². The first-order valence-electron chi connectivity index (χ1n) is 9.06. The Balaban J connectivity index is 1.71. The van der Waals surface area contributed by atoms with Crippen LogP contribution in [-0.4, -0.2) is 51.0 Å². The highest BCUT2D eigenvalue weighted by molar-refractivity contribution is 5.67. The average Bonchev–Trinajstić information content (AvgIpc) is 3.05. The Morgan fingerprint density at radius 3 is 3.00 bits per heavy atom. The smallest absolute Gasteiger partial charge is 0.230 e. The highest BCUT2D eigenvalue weighted by Crippen LogP contribution is 2.28. The van der Waals surface area contributed by atoms with Gasteiger partial charge in [0, 0.05) is 19.1 Å². The molecular formula is C19H25N5O. The number of piperidine rings is 1. The number of rotatable bonds is 4. The molecule has 2 aliphatic rings. The second-order valence-corrected chi connectivity index (χ2v) is 6.90. The minimum atomic E-state index is 0.0959. The van der Waals surface area contributed by atoms with Crippen molar-refractivity contribution in [1.82, 2.24) is 24.6 Å². The highest BCUT2D eigenvalue weighted by atomic mass is 16.5. The van der Waals surface area contributed by atoms with E-state index in [4.69, 9.17) is 4.74 Å². The van der Waals surface area contributed by atoms with Crippen LogP contribution in [0.25, 0.3) is 11.3 Å². The largest absolute Gasteiger partial charge is 0.474 e.